The van der Waals surface area contributed by atoms with Crippen LogP contribution in [0.15, 0.2) is 54.6 Å². The maximum atomic E-state index is 10.7. The summed E-state index contributed by atoms with van der Waals surface area (Å²) in [7, 11) is 1.69. The summed E-state index contributed by atoms with van der Waals surface area (Å²) >= 11 is 0. The molecule has 1 saturated heterocycles. The molecule has 0 aromatic heterocycles. The fourth-order valence-electron chi connectivity index (χ4n) is 3.65. The van der Waals surface area contributed by atoms with E-state index in [1.807, 2.05) is 12.1 Å². The molecule has 0 bridgehead atoms. The molecule has 1 fully saturated rings. The molecule has 1 aliphatic rings. The van der Waals surface area contributed by atoms with Crippen molar-refractivity contribution in [1.29, 1.82) is 0 Å². The van der Waals surface area contributed by atoms with Gasteiger partial charge in [-0.2, -0.15) is 0 Å². The molecule has 1 atom stereocenters. The number of carbonyl (C=O) groups excluding carboxylic acids is 1. The Hall–Kier alpha value is -2.41. The summed E-state index contributed by atoms with van der Waals surface area (Å²) in [5.41, 5.74) is 7.67. The quantitative estimate of drug-likeness (QED) is 0.670. The topological polar surface area (TPSA) is 68.0 Å². The van der Waals surface area contributed by atoms with Crippen LogP contribution in [0.4, 0.5) is 0 Å². The van der Waals surface area contributed by atoms with E-state index in [-0.39, 0.29) is 12.6 Å². The lowest BCUT2D eigenvalue weighted by atomic mass is 9.96. The smallest absolute Gasteiger partial charge is 0.243 e. The number of carbonyl (C=O) groups is 1. The first kappa shape index (κ1) is 20.3. The molecule has 6 nitrogen and oxygen atoms in total. The van der Waals surface area contributed by atoms with Gasteiger partial charge in [-0.15, -0.1) is 0 Å². The van der Waals surface area contributed by atoms with Crippen LogP contribution in [0, 0.1) is 0 Å². The molecule has 1 amide bonds. The fourth-order valence-corrected chi connectivity index (χ4v) is 3.65. The molecule has 6 heteroatoms. The summed E-state index contributed by atoms with van der Waals surface area (Å²) in [5, 5.41) is 0. The predicted molar refractivity (Wildman–Crippen MR) is 109 cm³/mol. The SMILES string of the molecule is COc1ccc([C@H](c2ccccc2)N2CCN(CCOCC(N)=O)CC2)cc1. The molecule has 0 radical (unpaired) electrons. The number of benzene rings is 2. The fraction of sp³-hybridized carbons (Fsp3) is 0.409. The van der Waals surface area contributed by atoms with Gasteiger partial charge in [0.15, 0.2) is 0 Å². The van der Waals surface area contributed by atoms with Crippen molar-refractivity contribution in [3.63, 3.8) is 0 Å². The van der Waals surface area contributed by atoms with E-state index in [0.29, 0.717) is 6.61 Å². The van der Waals surface area contributed by atoms with Crippen LogP contribution >= 0.6 is 0 Å². The Balaban J connectivity index is 1.64. The molecule has 0 saturated carbocycles. The highest BCUT2D eigenvalue weighted by atomic mass is 16.5. The highest BCUT2D eigenvalue weighted by Gasteiger charge is 2.26. The Morgan fingerprint density at radius 2 is 1.64 bits per heavy atom. The molecule has 3 rings (SSSR count). The van der Waals surface area contributed by atoms with Crippen LogP contribution in [0.3, 0.4) is 0 Å². The van der Waals surface area contributed by atoms with Crippen LogP contribution in [0.25, 0.3) is 0 Å². The molecule has 2 aromatic carbocycles. The van der Waals surface area contributed by atoms with Crippen molar-refractivity contribution in [2.24, 2.45) is 5.73 Å². The highest BCUT2D eigenvalue weighted by molar-refractivity contribution is 5.74. The molecule has 2 N–H and O–H groups in total. The zero-order valence-electron chi connectivity index (χ0n) is 16.4. The normalized spacial score (nSPS) is 16.6. The summed E-state index contributed by atoms with van der Waals surface area (Å²) in [4.78, 5) is 15.6. The molecule has 0 aliphatic carbocycles. The zero-order valence-corrected chi connectivity index (χ0v) is 16.4. The van der Waals surface area contributed by atoms with E-state index in [9.17, 15) is 4.79 Å². The van der Waals surface area contributed by atoms with Crippen molar-refractivity contribution in [2.75, 3.05) is 53.0 Å². The van der Waals surface area contributed by atoms with E-state index in [1.165, 1.54) is 11.1 Å². The van der Waals surface area contributed by atoms with Gasteiger partial charge in [0.2, 0.25) is 5.91 Å². The number of piperazine rings is 1. The second-order valence-electron chi connectivity index (χ2n) is 6.98. The van der Waals surface area contributed by atoms with Crippen LogP contribution in [-0.2, 0) is 9.53 Å². The van der Waals surface area contributed by atoms with Crippen molar-refractivity contribution in [2.45, 2.75) is 6.04 Å². The average Bonchev–Trinajstić information content (AvgIpc) is 2.74. The molecule has 150 valence electrons. The lowest BCUT2D eigenvalue weighted by Crippen LogP contribution is -2.48. The Kier molecular flexibility index (Phi) is 7.42. The minimum atomic E-state index is -0.421. The van der Waals surface area contributed by atoms with Gasteiger partial charge in [0.05, 0.1) is 19.8 Å². The van der Waals surface area contributed by atoms with Crippen molar-refractivity contribution >= 4 is 5.91 Å². The summed E-state index contributed by atoms with van der Waals surface area (Å²) in [6.07, 6.45) is 0. The van der Waals surface area contributed by atoms with Crippen LogP contribution in [0.2, 0.25) is 0 Å². The van der Waals surface area contributed by atoms with Gasteiger partial charge < -0.3 is 15.2 Å². The lowest BCUT2D eigenvalue weighted by Gasteiger charge is -2.39. The summed E-state index contributed by atoms with van der Waals surface area (Å²) in [6.45, 7) is 5.23. The average molecular weight is 383 g/mol. The minimum absolute atomic E-state index is 0.00643. The van der Waals surface area contributed by atoms with Crippen LogP contribution in [0.1, 0.15) is 17.2 Å². The molecule has 2 aromatic rings. The van der Waals surface area contributed by atoms with E-state index >= 15 is 0 Å². The Morgan fingerprint density at radius 3 is 2.25 bits per heavy atom. The zero-order chi connectivity index (χ0) is 19.8. The second-order valence-corrected chi connectivity index (χ2v) is 6.98. The summed E-state index contributed by atoms with van der Waals surface area (Å²) in [6, 6.07) is 19.2. The maximum Gasteiger partial charge on any atom is 0.243 e. The van der Waals surface area contributed by atoms with E-state index in [1.54, 1.807) is 7.11 Å². The van der Waals surface area contributed by atoms with Gasteiger partial charge in [0, 0.05) is 32.7 Å². The van der Waals surface area contributed by atoms with Crippen LogP contribution in [0.5, 0.6) is 5.75 Å². The van der Waals surface area contributed by atoms with Gasteiger partial charge in [-0.25, -0.2) is 0 Å². The van der Waals surface area contributed by atoms with Gasteiger partial charge in [0.1, 0.15) is 12.4 Å². The first-order valence-corrected chi connectivity index (χ1v) is 9.68. The van der Waals surface area contributed by atoms with Gasteiger partial charge in [-0.3, -0.25) is 14.6 Å². The first-order valence-electron chi connectivity index (χ1n) is 9.68. The predicted octanol–water partition coefficient (Wildman–Crippen LogP) is 1.90. The number of rotatable bonds is 9. The minimum Gasteiger partial charge on any atom is -0.497 e. The van der Waals surface area contributed by atoms with Gasteiger partial charge in [0.25, 0.3) is 0 Å². The molecule has 0 unspecified atom stereocenters. The number of hydrogen-bond donors (Lipinski definition) is 1. The number of nitrogens with zero attached hydrogens (tertiary/aromatic N) is 2. The highest BCUT2D eigenvalue weighted by Crippen LogP contribution is 2.30. The molecule has 1 aliphatic heterocycles. The van der Waals surface area contributed by atoms with Crippen molar-refractivity contribution in [3.8, 4) is 5.75 Å². The van der Waals surface area contributed by atoms with E-state index in [0.717, 1.165) is 38.5 Å². The number of amides is 1. The second kappa shape index (κ2) is 10.2. The third-order valence-electron chi connectivity index (χ3n) is 5.12. The lowest BCUT2D eigenvalue weighted by molar-refractivity contribution is -0.122. The van der Waals surface area contributed by atoms with Crippen molar-refractivity contribution < 1.29 is 14.3 Å². The number of nitrogens with two attached hydrogens (primary N) is 1. The largest absolute Gasteiger partial charge is 0.497 e. The van der Waals surface area contributed by atoms with E-state index in [4.69, 9.17) is 15.2 Å². The van der Waals surface area contributed by atoms with Crippen LogP contribution in [-0.4, -0.2) is 68.8 Å². The van der Waals surface area contributed by atoms with Gasteiger partial charge >= 0.3 is 0 Å². The molecule has 0 spiro atoms. The monoisotopic (exact) mass is 383 g/mol. The molecular formula is C22H29N3O3. The Morgan fingerprint density at radius 1 is 1.00 bits per heavy atom. The Bertz CT molecular complexity index is 728. The van der Waals surface area contributed by atoms with Gasteiger partial charge in [-0.05, 0) is 23.3 Å². The number of methoxy groups -OCH3 is 1. The summed E-state index contributed by atoms with van der Waals surface area (Å²) in [5.74, 6) is 0.450. The van der Waals surface area contributed by atoms with Crippen molar-refractivity contribution in [3.05, 3.63) is 65.7 Å². The van der Waals surface area contributed by atoms with Gasteiger partial charge in [-0.1, -0.05) is 42.5 Å². The number of ether oxygens (including phenoxy) is 2. The number of hydrogen-bond acceptors (Lipinski definition) is 5. The third-order valence-corrected chi connectivity index (χ3v) is 5.12. The Labute approximate surface area is 166 Å². The number of primary amides is 1. The molecular weight excluding hydrogens is 354 g/mol. The maximum absolute atomic E-state index is 10.7. The standard InChI is InChI=1S/C22H29N3O3/c1-27-20-9-7-19(8-10-20)22(18-5-3-2-4-6-18)25-13-11-24(12-14-25)15-16-28-17-21(23)26/h2-10,22H,11-17H2,1H3,(H2,23,26)/t22-/m0/s1. The first-order chi connectivity index (χ1) is 13.7. The molecule has 1 heterocycles. The summed E-state index contributed by atoms with van der Waals surface area (Å²) < 4.78 is 10.6. The third kappa shape index (κ3) is 5.55. The van der Waals surface area contributed by atoms with E-state index < -0.39 is 5.91 Å². The van der Waals surface area contributed by atoms with Crippen LogP contribution < -0.4 is 10.5 Å². The molecule has 28 heavy (non-hydrogen) atoms. The van der Waals surface area contributed by atoms with E-state index in [2.05, 4.69) is 52.3 Å². The van der Waals surface area contributed by atoms with Crippen molar-refractivity contribution in [1.82, 2.24) is 9.80 Å².